The van der Waals surface area contributed by atoms with Gasteiger partial charge in [0.25, 0.3) is 5.91 Å². The van der Waals surface area contributed by atoms with Gasteiger partial charge in [0.15, 0.2) is 0 Å². The molecule has 1 atom stereocenters. The van der Waals surface area contributed by atoms with E-state index in [1.54, 1.807) is 30.3 Å². The summed E-state index contributed by atoms with van der Waals surface area (Å²) < 4.78 is 13.8. The number of rotatable bonds is 5. The topological polar surface area (TPSA) is 91.8 Å². The first kappa shape index (κ1) is 20.0. The van der Waals surface area contributed by atoms with Gasteiger partial charge in [0.1, 0.15) is 5.82 Å². The summed E-state index contributed by atoms with van der Waals surface area (Å²) in [6.45, 7) is 0. The largest absolute Gasteiger partial charge is 0.396 e. The Morgan fingerprint density at radius 3 is 2.55 bits per heavy atom. The molecule has 0 aliphatic heterocycles. The molecular formula is C25H19FN4O. The lowest BCUT2D eigenvalue weighted by molar-refractivity contribution is 0.0940. The zero-order valence-corrected chi connectivity index (χ0v) is 16.5. The van der Waals surface area contributed by atoms with Crippen LogP contribution in [0.25, 0.3) is 22.2 Å². The molecule has 31 heavy (non-hydrogen) atoms. The summed E-state index contributed by atoms with van der Waals surface area (Å²) in [5.74, 6) is -0.839. The van der Waals surface area contributed by atoms with Gasteiger partial charge in [-0.25, -0.2) is 9.37 Å². The number of pyridine rings is 1. The van der Waals surface area contributed by atoms with Crippen molar-refractivity contribution in [3.05, 3.63) is 95.8 Å². The predicted octanol–water partition coefficient (Wildman–Crippen LogP) is 5.01. The molecule has 1 aromatic heterocycles. The number of fused-ring (bicyclic) bond motifs is 1. The summed E-state index contributed by atoms with van der Waals surface area (Å²) in [5.41, 5.74) is 9.02. The molecule has 1 heterocycles. The third kappa shape index (κ3) is 4.07. The molecule has 3 aromatic carbocycles. The number of benzene rings is 3. The fourth-order valence-corrected chi connectivity index (χ4v) is 3.59. The molecule has 4 aromatic rings. The summed E-state index contributed by atoms with van der Waals surface area (Å²) in [6.07, 6.45) is 0.107. The summed E-state index contributed by atoms with van der Waals surface area (Å²) in [5, 5.41) is 12.8. The molecule has 0 saturated carbocycles. The predicted molar refractivity (Wildman–Crippen MR) is 118 cm³/mol. The van der Waals surface area contributed by atoms with E-state index in [0.29, 0.717) is 22.2 Å². The van der Waals surface area contributed by atoms with Gasteiger partial charge in [0.2, 0.25) is 0 Å². The van der Waals surface area contributed by atoms with Crippen LogP contribution in [0.1, 0.15) is 28.4 Å². The van der Waals surface area contributed by atoms with Crippen LogP contribution in [0.2, 0.25) is 0 Å². The first-order valence-electron chi connectivity index (χ1n) is 9.75. The quantitative estimate of drug-likeness (QED) is 0.484. The van der Waals surface area contributed by atoms with E-state index >= 15 is 0 Å². The third-order valence-electron chi connectivity index (χ3n) is 5.06. The number of para-hydroxylation sites is 1. The molecule has 0 radical (unpaired) electrons. The summed E-state index contributed by atoms with van der Waals surface area (Å²) in [4.78, 5) is 18.0. The highest BCUT2D eigenvalue weighted by atomic mass is 19.1. The van der Waals surface area contributed by atoms with Crippen LogP contribution in [0.15, 0.2) is 78.9 Å². The Labute approximate surface area is 179 Å². The molecule has 3 N–H and O–H groups in total. The highest BCUT2D eigenvalue weighted by Gasteiger charge is 2.23. The zero-order valence-electron chi connectivity index (χ0n) is 16.5. The molecule has 6 heteroatoms. The number of hydrogen-bond acceptors (Lipinski definition) is 4. The van der Waals surface area contributed by atoms with Crippen molar-refractivity contribution in [2.24, 2.45) is 0 Å². The van der Waals surface area contributed by atoms with Gasteiger partial charge in [-0.2, -0.15) is 5.26 Å². The number of nitrogen functional groups attached to an aromatic ring is 1. The smallest absolute Gasteiger partial charge is 0.254 e. The van der Waals surface area contributed by atoms with Crippen LogP contribution in [0, 0.1) is 17.1 Å². The molecule has 1 amide bonds. The molecule has 0 saturated heterocycles. The maximum atomic E-state index is 13.8. The molecular weight excluding hydrogens is 391 g/mol. The fraction of sp³-hybridized carbons (Fsp3) is 0.0800. The van der Waals surface area contributed by atoms with Crippen LogP contribution in [0.5, 0.6) is 0 Å². The van der Waals surface area contributed by atoms with Crippen molar-refractivity contribution in [3.8, 4) is 17.3 Å². The molecule has 0 spiro atoms. The number of amides is 1. The van der Waals surface area contributed by atoms with E-state index in [4.69, 9.17) is 5.73 Å². The van der Waals surface area contributed by atoms with Gasteiger partial charge >= 0.3 is 0 Å². The van der Waals surface area contributed by atoms with Gasteiger partial charge < -0.3 is 11.1 Å². The van der Waals surface area contributed by atoms with E-state index in [0.717, 1.165) is 5.56 Å². The van der Waals surface area contributed by atoms with Crippen molar-refractivity contribution in [2.75, 3.05) is 5.73 Å². The van der Waals surface area contributed by atoms with E-state index < -0.39 is 17.8 Å². The van der Waals surface area contributed by atoms with Crippen molar-refractivity contribution in [1.82, 2.24) is 10.3 Å². The Morgan fingerprint density at radius 1 is 1.06 bits per heavy atom. The van der Waals surface area contributed by atoms with Gasteiger partial charge in [-0.15, -0.1) is 0 Å². The molecule has 5 nitrogen and oxygen atoms in total. The number of halogens is 1. The molecule has 0 aliphatic rings. The number of hydrogen-bond donors (Lipinski definition) is 2. The molecule has 0 unspecified atom stereocenters. The lowest BCUT2D eigenvalue weighted by Crippen LogP contribution is -2.29. The van der Waals surface area contributed by atoms with Crippen LogP contribution >= 0.6 is 0 Å². The lowest BCUT2D eigenvalue weighted by Gasteiger charge is -2.19. The Kier molecular flexibility index (Phi) is 5.59. The summed E-state index contributed by atoms with van der Waals surface area (Å²) in [6, 6.07) is 24.0. The van der Waals surface area contributed by atoms with Crippen molar-refractivity contribution in [2.45, 2.75) is 12.5 Å². The second kappa shape index (κ2) is 8.64. The number of aromatic nitrogens is 1. The van der Waals surface area contributed by atoms with Crippen molar-refractivity contribution in [1.29, 1.82) is 5.26 Å². The monoisotopic (exact) mass is 410 g/mol. The standard InChI is InChI=1S/C25H19FN4O/c26-18-10-6-9-17(15-18)24-23(28)22(19-11-4-5-12-21(19)29-24)25(31)30-20(13-14-27)16-7-2-1-3-8-16/h1-12,15,20H,13,28H2,(H,30,31)/t20-/m0/s1. The van der Waals surface area contributed by atoms with E-state index in [1.165, 1.54) is 12.1 Å². The number of nitrogens with one attached hydrogen (secondary N) is 1. The lowest BCUT2D eigenvalue weighted by atomic mass is 9.99. The molecule has 0 fully saturated rings. The molecule has 0 aliphatic carbocycles. The van der Waals surface area contributed by atoms with E-state index in [-0.39, 0.29) is 17.7 Å². The molecule has 0 bridgehead atoms. The van der Waals surface area contributed by atoms with Crippen LogP contribution in [-0.2, 0) is 0 Å². The normalized spacial score (nSPS) is 11.6. The maximum absolute atomic E-state index is 13.8. The highest BCUT2D eigenvalue weighted by molar-refractivity contribution is 6.12. The second-order valence-corrected chi connectivity index (χ2v) is 7.08. The maximum Gasteiger partial charge on any atom is 0.254 e. The first-order chi connectivity index (χ1) is 15.1. The van der Waals surface area contributed by atoms with Crippen LogP contribution in [0.3, 0.4) is 0 Å². The zero-order chi connectivity index (χ0) is 21.8. The first-order valence-corrected chi connectivity index (χ1v) is 9.75. The number of carbonyl (C=O) groups is 1. The van der Waals surface area contributed by atoms with E-state index in [1.807, 2.05) is 36.4 Å². The second-order valence-electron chi connectivity index (χ2n) is 7.08. The Morgan fingerprint density at radius 2 is 1.81 bits per heavy atom. The van der Waals surface area contributed by atoms with Gasteiger partial charge in [-0.1, -0.05) is 60.7 Å². The van der Waals surface area contributed by atoms with Crippen molar-refractivity contribution < 1.29 is 9.18 Å². The van der Waals surface area contributed by atoms with Gasteiger partial charge in [0, 0.05) is 10.9 Å². The Bertz CT molecular complexity index is 1300. The Hall–Kier alpha value is -4.24. The van der Waals surface area contributed by atoms with Gasteiger partial charge in [0.05, 0.1) is 41.0 Å². The third-order valence-corrected chi connectivity index (χ3v) is 5.06. The fourth-order valence-electron chi connectivity index (χ4n) is 3.59. The number of nitrogens with zero attached hydrogens (tertiary/aromatic N) is 2. The van der Waals surface area contributed by atoms with Crippen LogP contribution < -0.4 is 11.1 Å². The van der Waals surface area contributed by atoms with E-state index in [2.05, 4.69) is 16.4 Å². The summed E-state index contributed by atoms with van der Waals surface area (Å²) in [7, 11) is 0. The summed E-state index contributed by atoms with van der Waals surface area (Å²) >= 11 is 0. The average Bonchev–Trinajstić information content (AvgIpc) is 2.79. The molecule has 4 rings (SSSR count). The van der Waals surface area contributed by atoms with E-state index in [9.17, 15) is 14.4 Å². The minimum atomic E-state index is -0.498. The molecule has 152 valence electrons. The number of nitrogens with two attached hydrogens (primary N) is 1. The number of anilines is 1. The van der Waals surface area contributed by atoms with Gasteiger partial charge in [-0.3, -0.25) is 4.79 Å². The number of carbonyl (C=O) groups excluding carboxylic acids is 1. The number of nitriles is 1. The average molecular weight is 410 g/mol. The minimum absolute atomic E-state index is 0.107. The Balaban J connectivity index is 1.83. The van der Waals surface area contributed by atoms with Crippen molar-refractivity contribution in [3.63, 3.8) is 0 Å². The van der Waals surface area contributed by atoms with Crippen LogP contribution in [0.4, 0.5) is 10.1 Å². The van der Waals surface area contributed by atoms with Gasteiger partial charge in [-0.05, 0) is 23.8 Å². The van der Waals surface area contributed by atoms with Crippen molar-refractivity contribution >= 4 is 22.5 Å². The highest BCUT2D eigenvalue weighted by Crippen LogP contribution is 2.33. The van der Waals surface area contributed by atoms with Crippen LogP contribution in [-0.4, -0.2) is 10.9 Å². The minimum Gasteiger partial charge on any atom is -0.396 e. The SMILES string of the molecule is N#CC[C@H](NC(=O)c1c(N)c(-c2cccc(F)c2)nc2ccccc12)c1ccccc1.